The maximum atomic E-state index is 11.6. The molecule has 0 radical (unpaired) electrons. The van der Waals surface area contributed by atoms with Crippen LogP contribution in [0.3, 0.4) is 0 Å². The Bertz CT molecular complexity index is 1060. The molecular weight excluding hydrogens is 494 g/mol. The molecule has 0 bridgehead atoms. The summed E-state index contributed by atoms with van der Waals surface area (Å²) in [6, 6.07) is 8.66. The highest BCUT2D eigenvalue weighted by molar-refractivity contribution is 9.10. The Balaban J connectivity index is 0.000000789. The molecule has 2 aromatic heterocycles. The molecule has 3 aromatic rings. The number of aromatic nitrogens is 3. The largest absolute Gasteiger partial charge is 0.400 e. The molecule has 0 unspecified atom stereocenters. The van der Waals surface area contributed by atoms with E-state index in [-0.39, 0.29) is 0 Å². The lowest BCUT2D eigenvalue weighted by molar-refractivity contribution is 0.399. The Morgan fingerprint density at radius 3 is 2.12 bits per heavy atom. The van der Waals surface area contributed by atoms with Crippen molar-refractivity contribution in [1.82, 2.24) is 14.6 Å². The molecule has 0 atom stereocenters. The molecule has 0 saturated carbocycles. The van der Waals surface area contributed by atoms with Crippen molar-refractivity contribution in [3.8, 4) is 0 Å². The molecule has 1 aliphatic rings. The number of halogens is 1. The number of aliphatic hydroxyl groups excluding tert-OH is 1. The quantitative estimate of drug-likeness (QED) is 0.497. The molecule has 0 aliphatic carbocycles. The van der Waals surface area contributed by atoms with Gasteiger partial charge in [-0.05, 0) is 53.0 Å². The van der Waals surface area contributed by atoms with E-state index in [2.05, 4.69) is 31.2 Å². The SMILES string of the molecule is CC.CC.CO.CS(=O)(=O)c1ccc(Nc2cc(N3CCCC3)nc3c(Br)cnn23)cc1. The molecule has 1 fully saturated rings. The molecule has 2 N–H and O–H groups in total. The summed E-state index contributed by atoms with van der Waals surface area (Å²) in [4.78, 5) is 7.28. The monoisotopic (exact) mass is 527 g/mol. The highest BCUT2D eigenvalue weighted by Crippen LogP contribution is 2.28. The van der Waals surface area contributed by atoms with E-state index < -0.39 is 9.84 Å². The van der Waals surface area contributed by atoms with Crippen LogP contribution >= 0.6 is 15.9 Å². The third-order valence-corrected chi connectivity index (χ3v) is 6.09. The van der Waals surface area contributed by atoms with Crippen LogP contribution in [0, 0.1) is 0 Å². The van der Waals surface area contributed by atoms with Gasteiger partial charge < -0.3 is 15.3 Å². The van der Waals surface area contributed by atoms with Crippen LogP contribution in [0.2, 0.25) is 0 Å². The fourth-order valence-electron chi connectivity index (χ4n) is 3.05. The minimum Gasteiger partial charge on any atom is -0.400 e. The van der Waals surface area contributed by atoms with Crippen molar-refractivity contribution >= 4 is 48.7 Å². The fourth-order valence-corrected chi connectivity index (χ4v) is 4.03. The van der Waals surface area contributed by atoms with Crippen LogP contribution in [-0.2, 0) is 9.84 Å². The number of rotatable bonds is 4. The van der Waals surface area contributed by atoms with E-state index in [1.165, 1.54) is 19.1 Å². The number of benzene rings is 1. The molecular formula is C22H34BrN5O3S. The normalized spacial score (nSPS) is 12.7. The summed E-state index contributed by atoms with van der Waals surface area (Å²) >= 11 is 3.50. The van der Waals surface area contributed by atoms with Gasteiger partial charge >= 0.3 is 0 Å². The topological polar surface area (TPSA) is 99.8 Å². The van der Waals surface area contributed by atoms with Gasteiger partial charge in [0.2, 0.25) is 0 Å². The fraction of sp³-hybridized carbons (Fsp3) is 0.455. The lowest BCUT2D eigenvalue weighted by Crippen LogP contribution is -2.19. The number of fused-ring (bicyclic) bond motifs is 1. The van der Waals surface area contributed by atoms with Crippen molar-refractivity contribution in [2.45, 2.75) is 45.4 Å². The lowest BCUT2D eigenvalue weighted by Gasteiger charge is -2.18. The van der Waals surface area contributed by atoms with Gasteiger partial charge in [-0.2, -0.15) is 9.61 Å². The standard InChI is InChI=1S/C17H18BrN5O2S.2C2H6.CH4O/c1-26(24,25)13-6-4-12(5-7-13)20-16-10-15(22-8-2-3-9-22)21-17-14(18)11-19-23(16)17;3*1-2/h4-7,10-11,20H,2-3,8-9H2,1H3;2*1-2H3;2H,1H3. The molecule has 10 heteroatoms. The van der Waals surface area contributed by atoms with Crippen molar-refractivity contribution < 1.29 is 13.5 Å². The van der Waals surface area contributed by atoms with Crippen LogP contribution in [0.15, 0.2) is 45.9 Å². The van der Waals surface area contributed by atoms with Gasteiger partial charge in [-0.3, -0.25) is 0 Å². The van der Waals surface area contributed by atoms with Gasteiger partial charge in [0.1, 0.15) is 11.6 Å². The summed E-state index contributed by atoms with van der Waals surface area (Å²) in [6.45, 7) is 9.99. The third kappa shape index (κ3) is 6.91. The maximum Gasteiger partial charge on any atom is 0.175 e. The number of anilines is 3. The number of nitrogens with one attached hydrogen (secondary N) is 1. The van der Waals surface area contributed by atoms with Crippen molar-refractivity contribution in [1.29, 1.82) is 0 Å². The van der Waals surface area contributed by atoms with E-state index >= 15 is 0 Å². The van der Waals surface area contributed by atoms with Crippen LogP contribution in [0.5, 0.6) is 0 Å². The van der Waals surface area contributed by atoms with E-state index in [0.717, 1.165) is 47.6 Å². The van der Waals surface area contributed by atoms with Gasteiger partial charge in [0.25, 0.3) is 0 Å². The first-order valence-electron chi connectivity index (χ1n) is 10.7. The van der Waals surface area contributed by atoms with E-state index in [4.69, 9.17) is 10.1 Å². The Hall–Kier alpha value is -2.17. The van der Waals surface area contributed by atoms with E-state index in [1.54, 1.807) is 35.0 Å². The Kier molecular flexibility index (Phi) is 11.7. The smallest absolute Gasteiger partial charge is 0.175 e. The summed E-state index contributed by atoms with van der Waals surface area (Å²) in [7, 11) is -2.21. The van der Waals surface area contributed by atoms with Gasteiger partial charge in [0.05, 0.1) is 15.6 Å². The number of hydrogen-bond acceptors (Lipinski definition) is 7. The number of nitrogens with zero attached hydrogens (tertiary/aromatic N) is 4. The van der Waals surface area contributed by atoms with E-state index in [9.17, 15) is 8.42 Å². The van der Waals surface area contributed by atoms with Crippen LogP contribution in [0.4, 0.5) is 17.3 Å². The van der Waals surface area contributed by atoms with Gasteiger partial charge in [-0.15, -0.1) is 0 Å². The van der Waals surface area contributed by atoms with Crippen molar-refractivity contribution in [3.63, 3.8) is 0 Å². The highest BCUT2D eigenvalue weighted by atomic mass is 79.9. The molecule has 0 spiro atoms. The van der Waals surface area contributed by atoms with Gasteiger partial charge in [-0.1, -0.05) is 27.7 Å². The predicted octanol–water partition coefficient (Wildman–Crippen LogP) is 4.90. The summed E-state index contributed by atoms with van der Waals surface area (Å²) in [6.07, 6.45) is 5.26. The summed E-state index contributed by atoms with van der Waals surface area (Å²) < 4.78 is 25.8. The zero-order valence-electron chi connectivity index (χ0n) is 19.6. The maximum absolute atomic E-state index is 11.6. The lowest BCUT2D eigenvalue weighted by atomic mass is 10.3. The average Bonchev–Trinajstić information content (AvgIpc) is 3.48. The summed E-state index contributed by atoms with van der Waals surface area (Å²) in [5.41, 5.74) is 1.52. The first kappa shape index (κ1) is 27.9. The highest BCUT2D eigenvalue weighted by Gasteiger charge is 2.18. The minimum atomic E-state index is -3.21. The molecule has 3 heterocycles. The summed E-state index contributed by atoms with van der Waals surface area (Å²) in [5, 5.41) is 14.7. The Morgan fingerprint density at radius 2 is 1.59 bits per heavy atom. The second kappa shape index (κ2) is 13.4. The van der Waals surface area contributed by atoms with Crippen LogP contribution in [-0.4, -0.2) is 54.6 Å². The molecule has 1 aromatic carbocycles. The van der Waals surface area contributed by atoms with E-state index in [1.807, 2.05) is 33.8 Å². The molecule has 0 amide bonds. The molecule has 1 aliphatic heterocycles. The van der Waals surface area contributed by atoms with Crippen LogP contribution < -0.4 is 10.2 Å². The van der Waals surface area contributed by atoms with Gasteiger partial charge in [-0.25, -0.2) is 13.4 Å². The molecule has 4 rings (SSSR count). The minimum absolute atomic E-state index is 0.294. The first-order valence-corrected chi connectivity index (χ1v) is 13.4. The zero-order valence-corrected chi connectivity index (χ0v) is 22.0. The Labute approximate surface area is 199 Å². The van der Waals surface area contributed by atoms with Gasteiger partial charge in [0, 0.05) is 38.2 Å². The third-order valence-electron chi connectivity index (χ3n) is 4.40. The number of hydrogen-bond donors (Lipinski definition) is 2. The second-order valence-corrected chi connectivity index (χ2v) is 9.21. The first-order chi connectivity index (χ1) is 15.4. The zero-order chi connectivity index (χ0) is 24.3. The molecule has 178 valence electrons. The van der Waals surface area contributed by atoms with Crippen LogP contribution in [0.1, 0.15) is 40.5 Å². The second-order valence-electron chi connectivity index (χ2n) is 6.34. The number of sulfone groups is 1. The Morgan fingerprint density at radius 1 is 1.03 bits per heavy atom. The van der Waals surface area contributed by atoms with Crippen molar-refractivity contribution in [2.75, 3.05) is 36.7 Å². The molecule has 1 saturated heterocycles. The molecule has 8 nitrogen and oxygen atoms in total. The van der Waals surface area contributed by atoms with Crippen molar-refractivity contribution in [3.05, 3.63) is 41.0 Å². The van der Waals surface area contributed by atoms with Crippen molar-refractivity contribution in [2.24, 2.45) is 0 Å². The van der Waals surface area contributed by atoms with Gasteiger partial charge in [0.15, 0.2) is 15.5 Å². The average molecular weight is 529 g/mol. The predicted molar refractivity (Wildman–Crippen MR) is 136 cm³/mol. The number of aliphatic hydroxyl groups is 1. The molecule has 32 heavy (non-hydrogen) atoms. The van der Waals surface area contributed by atoms with Crippen LogP contribution in [0.25, 0.3) is 5.65 Å². The summed E-state index contributed by atoms with van der Waals surface area (Å²) in [5.74, 6) is 1.68. The van der Waals surface area contributed by atoms with E-state index in [0.29, 0.717) is 4.90 Å².